The molecular formula is C30H67N2O10P. The monoisotopic (exact) mass is 646 g/mol. The summed E-state index contributed by atoms with van der Waals surface area (Å²) in [7, 11) is -4.26. The second-order valence-electron chi connectivity index (χ2n) is 10.3. The summed E-state index contributed by atoms with van der Waals surface area (Å²) in [5, 5.41) is 50.9. The Bertz CT molecular complexity index is 539. The summed E-state index contributed by atoms with van der Waals surface area (Å²) in [6, 6.07) is 0. The third-order valence-corrected chi connectivity index (χ3v) is 6.93. The minimum absolute atomic E-state index is 0.0694. The number of aliphatic hydroxyl groups excluding tert-OH is 6. The van der Waals surface area contributed by atoms with E-state index in [4.69, 9.17) is 40.4 Å². The normalized spacial score (nSPS) is 11.6. The van der Waals surface area contributed by atoms with Gasteiger partial charge in [0, 0.05) is 39.3 Å². The van der Waals surface area contributed by atoms with E-state index in [0.717, 1.165) is 19.3 Å². The number of allylic oxidation sites excluding steroid dienone is 2. The van der Waals surface area contributed by atoms with Crippen LogP contribution >= 0.6 is 7.82 Å². The highest BCUT2D eigenvalue weighted by Crippen LogP contribution is 2.35. The predicted octanol–water partition coefficient (Wildman–Crippen LogP) is 2.66. The van der Waals surface area contributed by atoms with Crippen molar-refractivity contribution < 1.29 is 49.5 Å². The lowest BCUT2D eigenvalue weighted by molar-refractivity contribution is 0.136. The van der Waals surface area contributed by atoms with Crippen LogP contribution in [0, 0.1) is 0 Å². The fourth-order valence-electron chi connectivity index (χ4n) is 4.05. The lowest BCUT2D eigenvalue weighted by Crippen LogP contribution is -2.32. The third-order valence-electron chi connectivity index (χ3n) is 6.41. The largest absolute Gasteiger partial charge is 0.469 e. The van der Waals surface area contributed by atoms with Gasteiger partial charge in [-0.1, -0.05) is 76.9 Å². The molecule has 43 heavy (non-hydrogen) atoms. The number of phosphoric acid groups is 1. The van der Waals surface area contributed by atoms with E-state index in [1.54, 1.807) is 9.80 Å². The van der Waals surface area contributed by atoms with Crippen molar-refractivity contribution in [3.05, 3.63) is 12.2 Å². The van der Waals surface area contributed by atoms with E-state index < -0.39 is 7.82 Å². The average Bonchev–Trinajstić information content (AvgIpc) is 2.96. The Labute approximate surface area is 261 Å². The molecule has 0 atom stereocenters. The Morgan fingerprint density at radius 2 is 0.814 bits per heavy atom. The van der Waals surface area contributed by atoms with Gasteiger partial charge >= 0.3 is 7.82 Å². The van der Waals surface area contributed by atoms with Gasteiger partial charge in [0.15, 0.2) is 0 Å². The highest BCUT2D eigenvalue weighted by atomic mass is 31.2. The van der Waals surface area contributed by atoms with Crippen molar-refractivity contribution >= 4 is 7.82 Å². The van der Waals surface area contributed by atoms with Crippen molar-refractivity contribution in [2.75, 3.05) is 85.5 Å². The molecule has 12 nitrogen and oxygen atoms in total. The molecule has 0 saturated heterocycles. The van der Waals surface area contributed by atoms with Gasteiger partial charge in [-0.2, -0.15) is 0 Å². The van der Waals surface area contributed by atoms with Crippen molar-refractivity contribution in [2.24, 2.45) is 0 Å². The highest BCUT2D eigenvalue weighted by Gasteiger charge is 2.12. The summed E-state index contributed by atoms with van der Waals surface area (Å²) in [4.78, 5) is 20.6. The highest BCUT2D eigenvalue weighted by molar-refractivity contribution is 7.46. The van der Waals surface area contributed by atoms with Gasteiger partial charge in [0.1, 0.15) is 0 Å². The minimum atomic E-state index is -4.26. The minimum Gasteiger partial charge on any atom is -0.395 e. The van der Waals surface area contributed by atoms with Crippen LogP contribution in [0.5, 0.6) is 0 Å². The van der Waals surface area contributed by atoms with Crippen molar-refractivity contribution in [1.29, 1.82) is 0 Å². The zero-order chi connectivity index (χ0) is 32.9. The predicted molar refractivity (Wildman–Crippen MR) is 173 cm³/mol. The molecule has 0 aromatic carbocycles. The van der Waals surface area contributed by atoms with Gasteiger partial charge < -0.3 is 40.4 Å². The molecule has 0 spiro atoms. The number of hydrogen-bond acceptors (Lipinski definition) is 10. The fourth-order valence-corrected chi connectivity index (χ4v) is 4.42. The van der Waals surface area contributed by atoms with Crippen LogP contribution in [0.4, 0.5) is 0 Å². The summed E-state index contributed by atoms with van der Waals surface area (Å²) in [6.45, 7) is 5.92. The quantitative estimate of drug-likeness (QED) is 0.0337. The van der Waals surface area contributed by atoms with Crippen LogP contribution in [0.3, 0.4) is 0 Å². The van der Waals surface area contributed by atoms with E-state index in [0.29, 0.717) is 39.3 Å². The standard InChI is InChI=1S/C18H37O4P.2C6H15NO3/c1-2-3-4-5-6-7-8-9-10-11-12-13-14-15-16-17-18-22-23(19,20)21;2*8-4-1-7(2-5-9)3-6-10/h9-10H,2-8,11-18H2,1H3,(H2,19,20,21);2*8-10H,1-6H2/b10-9+;;. The first-order valence-corrected chi connectivity index (χ1v) is 17.7. The Balaban J connectivity index is -0.000000658. The number of aliphatic hydroxyl groups is 6. The first kappa shape index (κ1) is 46.9. The smallest absolute Gasteiger partial charge is 0.395 e. The third kappa shape index (κ3) is 46.1. The molecule has 262 valence electrons. The molecule has 0 radical (unpaired) electrons. The first-order chi connectivity index (χ1) is 20.8. The molecule has 0 aliphatic heterocycles. The van der Waals surface area contributed by atoms with Crippen LogP contribution in [0.25, 0.3) is 0 Å². The molecule has 13 heteroatoms. The van der Waals surface area contributed by atoms with Gasteiger partial charge in [-0.3, -0.25) is 14.3 Å². The lowest BCUT2D eigenvalue weighted by atomic mass is 10.1. The maximum atomic E-state index is 10.5. The van der Waals surface area contributed by atoms with Gasteiger partial charge in [-0.25, -0.2) is 4.57 Å². The van der Waals surface area contributed by atoms with Gasteiger partial charge in [0.05, 0.1) is 46.2 Å². The SMILES string of the molecule is CCCCCCCC/C=C/CCCCCCCCOP(=O)(O)O.OCCN(CCO)CCO.OCCN(CCO)CCO. The van der Waals surface area contributed by atoms with Crippen LogP contribution in [0.2, 0.25) is 0 Å². The van der Waals surface area contributed by atoms with E-state index in [-0.39, 0.29) is 46.2 Å². The van der Waals surface area contributed by atoms with E-state index in [9.17, 15) is 4.57 Å². The fraction of sp³-hybridized carbons (Fsp3) is 0.933. The second kappa shape index (κ2) is 39.6. The van der Waals surface area contributed by atoms with Crippen molar-refractivity contribution in [3.8, 4) is 0 Å². The maximum Gasteiger partial charge on any atom is 0.469 e. The number of nitrogens with zero attached hydrogens (tertiary/aromatic N) is 2. The average molecular weight is 647 g/mol. The molecule has 0 fully saturated rings. The number of rotatable bonds is 29. The van der Waals surface area contributed by atoms with Gasteiger partial charge in [0.2, 0.25) is 0 Å². The molecule has 0 heterocycles. The molecule has 0 saturated carbocycles. The van der Waals surface area contributed by atoms with Gasteiger partial charge in [-0.15, -0.1) is 0 Å². The van der Waals surface area contributed by atoms with Crippen molar-refractivity contribution in [3.63, 3.8) is 0 Å². The number of hydrogen-bond donors (Lipinski definition) is 8. The van der Waals surface area contributed by atoms with Gasteiger partial charge in [0.25, 0.3) is 0 Å². The van der Waals surface area contributed by atoms with Crippen LogP contribution in [0.1, 0.15) is 96.8 Å². The van der Waals surface area contributed by atoms with Gasteiger partial charge in [-0.05, 0) is 32.1 Å². The molecule has 0 aromatic rings. The first-order valence-electron chi connectivity index (χ1n) is 16.2. The number of unbranched alkanes of at least 4 members (excludes halogenated alkanes) is 12. The molecule has 8 N–H and O–H groups in total. The summed E-state index contributed by atoms with van der Waals surface area (Å²) in [5.41, 5.74) is 0. The van der Waals surface area contributed by atoms with Crippen LogP contribution < -0.4 is 0 Å². The zero-order valence-corrected chi connectivity index (χ0v) is 27.9. The molecule has 0 aliphatic rings. The van der Waals surface area contributed by atoms with E-state index >= 15 is 0 Å². The molecule has 0 unspecified atom stereocenters. The molecule has 0 amide bonds. The molecule has 0 aromatic heterocycles. The Kier molecular flexibility index (Phi) is 43.2. The topological polar surface area (TPSA) is 195 Å². The van der Waals surface area contributed by atoms with Crippen LogP contribution in [-0.4, -0.2) is 136 Å². The Morgan fingerprint density at radius 1 is 0.512 bits per heavy atom. The zero-order valence-electron chi connectivity index (χ0n) is 27.0. The summed E-state index contributed by atoms with van der Waals surface area (Å²) < 4.78 is 14.9. The van der Waals surface area contributed by atoms with E-state index in [1.807, 2.05) is 0 Å². The van der Waals surface area contributed by atoms with E-state index in [2.05, 4.69) is 23.6 Å². The van der Waals surface area contributed by atoms with E-state index in [1.165, 1.54) is 70.6 Å². The summed E-state index contributed by atoms with van der Waals surface area (Å²) >= 11 is 0. The molecule has 0 aliphatic carbocycles. The summed E-state index contributed by atoms with van der Waals surface area (Å²) in [6.07, 6.45) is 21.7. The Morgan fingerprint density at radius 3 is 1.12 bits per heavy atom. The summed E-state index contributed by atoms with van der Waals surface area (Å²) in [5.74, 6) is 0. The molecular weight excluding hydrogens is 579 g/mol. The molecule has 0 bridgehead atoms. The molecule has 0 rings (SSSR count). The Hall–Kier alpha value is -0.470. The van der Waals surface area contributed by atoms with Crippen LogP contribution in [0.15, 0.2) is 12.2 Å². The van der Waals surface area contributed by atoms with Crippen molar-refractivity contribution in [2.45, 2.75) is 96.8 Å². The van der Waals surface area contributed by atoms with Crippen LogP contribution in [-0.2, 0) is 9.09 Å². The second-order valence-corrected chi connectivity index (χ2v) is 11.5. The number of phosphoric ester groups is 1. The maximum absolute atomic E-state index is 10.5. The van der Waals surface area contributed by atoms with Crippen molar-refractivity contribution in [1.82, 2.24) is 9.80 Å². The lowest BCUT2D eigenvalue weighted by Gasteiger charge is -2.17.